The molecule has 0 radical (unpaired) electrons. The van der Waals surface area contributed by atoms with Crippen LogP contribution in [0.1, 0.15) is 12.8 Å². The lowest BCUT2D eigenvalue weighted by atomic mass is 9.97. The van der Waals surface area contributed by atoms with Gasteiger partial charge < -0.3 is 18.0 Å². The van der Waals surface area contributed by atoms with E-state index >= 15 is 0 Å². The van der Waals surface area contributed by atoms with E-state index in [4.69, 9.17) is 18.0 Å². The van der Waals surface area contributed by atoms with Crippen molar-refractivity contribution in [1.82, 2.24) is 4.90 Å². The van der Waals surface area contributed by atoms with Crippen molar-refractivity contribution in [2.75, 3.05) is 47.7 Å². The second-order valence-corrected chi connectivity index (χ2v) is 7.28. The summed E-state index contributed by atoms with van der Waals surface area (Å²) in [7, 11) is 3.72. The van der Waals surface area contributed by atoms with Crippen LogP contribution in [-0.4, -0.2) is 67.4 Å². The van der Waals surface area contributed by atoms with E-state index in [1.54, 1.807) is 21.3 Å². The molecule has 0 saturated carbocycles. The Labute approximate surface area is 110 Å². The molecule has 0 amide bonds. The van der Waals surface area contributed by atoms with E-state index in [1.165, 1.54) is 7.11 Å². The third-order valence-electron chi connectivity index (χ3n) is 3.47. The predicted octanol–water partition coefficient (Wildman–Crippen LogP) is 0.289. The monoisotopic (exact) mass is 277 g/mol. The van der Waals surface area contributed by atoms with Gasteiger partial charge >= 0.3 is 14.8 Å². The van der Waals surface area contributed by atoms with Gasteiger partial charge in [0, 0.05) is 21.3 Å². The van der Waals surface area contributed by atoms with Crippen LogP contribution in [0.15, 0.2) is 0 Å². The molecular formula is C11H23NO5Si. The summed E-state index contributed by atoms with van der Waals surface area (Å²) in [4.78, 5) is 13.6. The molecule has 0 aromatic carbocycles. The molecule has 0 aromatic rings. The van der Waals surface area contributed by atoms with Gasteiger partial charge in [-0.3, -0.25) is 9.69 Å². The van der Waals surface area contributed by atoms with Gasteiger partial charge in [0.15, 0.2) is 0 Å². The van der Waals surface area contributed by atoms with Crippen molar-refractivity contribution in [2.45, 2.75) is 12.8 Å². The van der Waals surface area contributed by atoms with E-state index in [2.05, 4.69) is 4.90 Å². The zero-order chi connectivity index (χ0) is 13.6. The molecule has 1 heterocycles. The molecule has 0 spiro atoms. The molecule has 0 bridgehead atoms. The summed E-state index contributed by atoms with van der Waals surface area (Å²) < 4.78 is 21.0. The van der Waals surface area contributed by atoms with Crippen molar-refractivity contribution in [2.24, 2.45) is 5.92 Å². The van der Waals surface area contributed by atoms with Crippen LogP contribution in [0.5, 0.6) is 0 Å². The van der Waals surface area contributed by atoms with E-state index < -0.39 is 8.80 Å². The summed E-state index contributed by atoms with van der Waals surface area (Å²) in [5.74, 6) is -0.0849. The average Bonchev–Trinajstić information content (AvgIpc) is 2.45. The van der Waals surface area contributed by atoms with E-state index in [0.717, 1.165) is 25.9 Å². The molecule has 106 valence electrons. The fraction of sp³-hybridized carbons (Fsp3) is 0.909. The number of nitrogens with zero attached hydrogens (tertiary/aromatic N) is 1. The number of hydrogen-bond donors (Lipinski definition) is 0. The predicted molar refractivity (Wildman–Crippen MR) is 68.0 cm³/mol. The lowest BCUT2D eigenvalue weighted by Crippen LogP contribution is -2.55. The van der Waals surface area contributed by atoms with Gasteiger partial charge in [-0.25, -0.2) is 0 Å². The van der Waals surface area contributed by atoms with E-state index in [0.29, 0.717) is 6.17 Å². The number of methoxy groups -OCH3 is 1. The normalized spacial score (nSPS) is 18.9. The Morgan fingerprint density at radius 2 is 1.61 bits per heavy atom. The third kappa shape index (κ3) is 3.76. The highest BCUT2D eigenvalue weighted by atomic mass is 28.4. The highest BCUT2D eigenvalue weighted by molar-refractivity contribution is 6.60. The Kier molecular flexibility index (Phi) is 6.23. The summed E-state index contributed by atoms with van der Waals surface area (Å²) in [5, 5.41) is 0. The molecule has 1 aliphatic rings. The number of piperidine rings is 1. The third-order valence-corrected chi connectivity index (χ3v) is 6.17. The van der Waals surface area contributed by atoms with Crippen molar-refractivity contribution in [3.63, 3.8) is 0 Å². The largest absolute Gasteiger partial charge is 0.514 e. The maximum absolute atomic E-state index is 11.4. The Balaban J connectivity index is 2.45. The van der Waals surface area contributed by atoms with Crippen LogP contribution in [0.25, 0.3) is 0 Å². The first-order chi connectivity index (χ1) is 8.60. The second-order valence-electron chi connectivity index (χ2n) is 4.37. The van der Waals surface area contributed by atoms with Gasteiger partial charge in [-0.2, -0.15) is 0 Å². The maximum atomic E-state index is 11.4. The molecule has 1 saturated heterocycles. The topological polar surface area (TPSA) is 57.2 Å². The highest BCUT2D eigenvalue weighted by Crippen LogP contribution is 2.20. The standard InChI is InChI=1S/C11H23NO5Si/c1-14-11(13)10-5-7-12(8-6-10)9-18(15-2,16-3)17-4/h10H,5-9H2,1-4H3. The lowest BCUT2D eigenvalue weighted by Gasteiger charge is -2.35. The minimum Gasteiger partial charge on any atom is -0.469 e. The number of hydrogen-bond acceptors (Lipinski definition) is 6. The quantitative estimate of drug-likeness (QED) is 0.514. The number of ether oxygens (including phenoxy) is 1. The number of carbonyl (C=O) groups is 1. The van der Waals surface area contributed by atoms with Crippen molar-refractivity contribution in [3.8, 4) is 0 Å². The Bertz CT molecular complexity index is 256. The van der Waals surface area contributed by atoms with Crippen LogP contribution in [0.2, 0.25) is 0 Å². The maximum Gasteiger partial charge on any atom is 0.514 e. The lowest BCUT2D eigenvalue weighted by molar-refractivity contribution is -0.147. The molecule has 6 nitrogen and oxygen atoms in total. The van der Waals surface area contributed by atoms with E-state index in [1.807, 2.05) is 0 Å². The molecule has 1 rings (SSSR count). The molecule has 0 atom stereocenters. The first-order valence-corrected chi connectivity index (χ1v) is 7.99. The molecule has 0 aromatic heterocycles. The second kappa shape index (κ2) is 7.20. The van der Waals surface area contributed by atoms with Crippen LogP contribution in [-0.2, 0) is 22.8 Å². The van der Waals surface area contributed by atoms with Gasteiger partial charge in [0.1, 0.15) is 0 Å². The molecule has 1 fully saturated rings. The first kappa shape index (κ1) is 15.6. The molecule has 1 aliphatic heterocycles. The number of likely N-dealkylation sites (tertiary alicyclic amines) is 1. The summed E-state index contributed by atoms with van der Waals surface area (Å²) in [6, 6.07) is 0. The van der Waals surface area contributed by atoms with Crippen LogP contribution >= 0.6 is 0 Å². The first-order valence-electron chi connectivity index (χ1n) is 6.06. The summed E-state index contributed by atoms with van der Waals surface area (Å²) in [6.07, 6.45) is 2.28. The fourth-order valence-electron chi connectivity index (χ4n) is 2.21. The van der Waals surface area contributed by atoms with Crippen LogP contribution in [0, 0.1) is 5.92 Å². The average molecular weight is 277 g/mol. The smallest absolute Gasteiger partial charge is 0.469 e. The fourth-order valence-corrected chi connectivity index (χ4v) is 3.96. The zero-order valence-electron chi connectivity index (χ0n) is 11.6. The van der Waals surface area contributed by atoms with Crippen molar-refractivity contribution < 1.29 is 22.8 Å². The van der Waals surface area contributed by atoms with Gasteiger partial charge in [0.25, 0.3) is 0 Å². The minimum atomic E-state index is -2.55. The summed E-state index contributed by atoms with van der Waals surface area (Å²) in [6.45, 7) is 1.68. The zero-order valence-corrected chi connectivity index (χ0v) is 12.6. The van der Waals surface area contributed by atoms with Crippen molar-refractivity contribution in [3.05, 3.63) is 0 Å². The van der Waals surface area contributed by atoms with Crippen molar-refractivity contribution in [1.29, 1.82) is 0 Å². The summed E-state index contributed by atoms with van der Waals surface area (Å²) in [5.41, 5.74) is 0. The Morgan fingerprint density at radius 1 is 1.11 bits per heavy atom. The van der Waals surface area contributed by atoms with Crippen molar-refractivity contribution >= 4 is 14.8 Å². The van der Waals surface area contributed by atoms with E-state index in [9.17, 15) is 4.79 Å². The number of esters is 1. The van der Waals surface area contributed by atoms with Gasteiger partial charge in [0.2, 0.25) is 0 Å². The molecular weight excluding hydrogens is 254 g/mol. The molecule has 0 unspecified atom stereocenters. The molecule has 7 heteroatoms. The SMILES string of the molecule is COC(=O)C1CCN(C[Si](OC)(OC)OC)CC1. The van der Waals surface area contributed by atoms with Gasteiger partial charge in [-0.15, -0.1) is 0 Å². The van der Waals surface area contributed by atoms with E-state index in [-0.39, 0.29) is 11.9 Å². The van der Waals surface area contributed by atoms with Gasteiger partial charge in [0.05, 0.1) is 19.2 Å². The Morgan fingerprint density at radius 3 is 2.00 bits per heavy atom. The highest BCUT2D eigenvalue weighted by Gasteiger charge is 2.41. The van der Waals surface area contributed by atoms with Crippen LogP contribution in [0.4, 0.5) is 0 Å². The van der Waals surface area contributed by atoms with Crippen LogP contribution in [0.3, 0.4) is 0 Å². The summed E-state index contributed by atoms with van der Waals surface area (Å²) >= 11 is 0. The van der Waals surface area contributed by atoms with Crippen LogP contribution < -0.4 is 0 Å². The molecule has 18 heavy (non-hydrogen) atoms. The van der Waals surface area contributed by atoms with Gasteiger partial charge in [-0.1, -0.05) is 0 Å². The molecule has 0 N–H and O–H groups in total. The number of carbonyl (C=O) groups excluding carboxylic acids is 1. The number of rotatable bonds is 6. The molecule has 0 aliphatic carbocycles. The van der Waals surface area contributed by atoms with Gasteiger partial charge in [-0.05, 0) is 25.9 Å². The Hall–Kier alpha value is -0.473. The minimum absolute atomic E-state index is 0.0231.